The molecule has 5 nitrogen and oxygen atoms in total. The average Bonchev–Trinajstić information content (AvgIpc) is 2.73. The number of carbonyl (C=O) groups is 1. The molecule has 0 spiro atoms. The smallest absolute Gasteiger partial charge is 0.217 e. The number of anilines is 1. The average molecular weight is 380 g/mol. The highest BCUT2D eigenvalue weighted by Crippen LogP contribution is 2.36. The van der Waals surface area contributed by atoms with E-state index in [4.69, 9.17) is 9.47 Å². The maximum Gasteiger partial charge on any atom is 0.217 e. The van der Waals surface area contributed by atoms with Crippen LogP contribution in [0.3, 0.4) is 0 Å². The lowest BCUT2D eigenvalue weighted by Crippen LogP contribution is -2.33. The van der Waals surface area contributed by atoms with E-state index in [0.29, 0.717) is 19.1 Å². The van der Waals surface area contributed by atoms with Gasteiger partial charge in [0.2, 0.25) is 5.91 Å². The van der Waals surface area contributed by atoms with Crippen molar-refractivity contribution in [2.75, 3.05) is 31.2 Å². The van der Waals surface area contributed by atoms with Gasteiger partial charge in [-0.15, -0.1) is 0 Å². The quantitative estimate of drug-likeness (QED) is 0.870. The number of ether oxygens (including phenoxy) is 2. The van der Waals surface area contributed by atoms with Gasteiger partial charge in [0.1, 0.15) is 13.2 Å². The van der Waals surface area contributed by atoms with Gasteiger partial charge in [0.05, 0.1) is 6.04 Å². The highest BCUT2D eigenvalue weighted by Gasteiger charge is 2.22. The van der Waals surface area contributed by atoms with Gasteiger partial charge in [-0.3, -0.25) is 4.79 Å². The van der Waals surface area contributed by atoms with Crippen molar-refractivity contribution in [1.82, 2.24) is 5.32 Å². The number of nitrogens with one attached hydrogen (secondary N) is 1. The van der Waals surface area contributed by atoms with Gasteiger partial charge in [0, 0.05) is 31.8 Å². The van der Waals surface area contributed by atoms with Crippen molar-refractivity contribution in [1.29, 1.82) is 0 Å². The van der Waals surface area contributed by atoms with Crippen LogP contribution in [0.4, 0.5) is 5.69 Å². The van der Waals surface area contributed by atoms with Gasteiger partial charge in [-0.1, -0.05) is 24.3 Å². The number of carbonyl (C=O) groups excluding carboxylic acids is 1. The number of amides is 1. The summed E-state index contributed by atoms with van der Waals surface area (Å²) in [6, 6.07) is 15.0. The molecule has 2 aliphatic heterocycles. The third kappa shape index (κ3) is 4.08. The standard InChI is InChI=1S/C23H28N2O3/c1-16(24-17(2)26)18-3-5-19(6-4-18)20-9-11-25(12-10-20)21-7-8-22-23(15-21)28-14-13-27-22/h3-8,15-16,20H,9-14H2,1-2H3,(H,24,26)/t16-/m0/s1. The molecule has 1 amide bonds. The zero-order chi connectivity index (χ0) is 19.5. The Morgan fingerprint density at radius 1 is 1.04 bits per heavy atom. The van der Waals surface area contributed by atoms with Crippen LogP contribution in [-0.2, 0) is 4.79 Å². The van der Waals surface area contributed by atoms with Crippen molar-refractivity contribution in [3.05, 3.63) is 53.6 Å². The van der Waals surface area contributed by atoms with E-state index in [2.05, 4.69) is 46.6 Å². The van der Waals surface area contributed by atoms with Crippen molar-refractivity contribution >= 4 is 11.6 Å². The van der Waals surface area contributed by atoms with E-state index in [1.165, 1.54) is 11.3 Å². The Labute approximate surface area is 166 Å². The van der Waals surface area contributed by atoms with Crippen LogP contribution in [0.2, 0.25) is 0 Å². The zero-order valence-electron chi connectivity index (χ0n) is 16.6. The third-order valence-electron chi connectivity index (χ3n) is 5.71. The summed E-state index contributed by atoms with van der Waals surface area (Å²) < 4.78 is 11.3. The van der Waals surface area contributed by atoms with Crippen LogP contribution < -0.4 is 19.7 Å². The topological polar surface area (TPSA) is 50.8 Å². The summed E-state index contributed by atoms with van der Waals surface area (Å²) >= 11 is 0. The van der Waals surface area contributed by atoms with Gasteiger partial charge >= 0.3 is 0 Å². The van der Waals surface area contributed by atoms with Gasteiger partial charge in [-0.2, -0.15) is 0 Å². The maximum absolute atomic E-state index is 11.2. The van der Waals surface area contributed by atoms with Gasteiger partial charge < -0.3 is 19.7 Å². The monoisotopic (exact) mass is 380 g/mol. The van der Waals surface area contributed by atoms with Gasteiger partial charge in [-0.25, -0.2) is 0 Å². The van der Waals surface area contributed by atoms with Crippen LogP contribution in [0.1, 0.15) is 49.8 Å². The summed E-state index contributed by atoms with van der Waals surface area (Å²) in [6.45, 7) is 6.89. The van der Waals surface area contributed by atoms with Crippen molar-refractivity contribution in [3.63, 3.8) is 0 Å². The van der Waals surface area contributed by atoms with Crippen molar-refractivity contribution in [3.8, 4) is 11.5 Å². The minimum atomic E-state index is 0.00286. The van der Waals surface area contributed by atoms with Gasteiger partial charge in [-0.05, 0) is 48.9 Å². The Bertz CT molecular complexity index is 826. The minimum Gasteiger partial charge on any atom is -0.486 e. The molecule has 4 rings (SSSR count). The second-order valence-corrected chi connectivity index (χ2v) is 7.68. The molecule has 0 saturated carbocycles. The summed E-state index contributed by atoms with van der Waals surface area (Å²) in [4.78, 5) is 13.7. The number of nitrogens with zero attached hydrogens (tertiary/aromatic N) is 1. The van der Waals surface area contributed by atoms with Crippen LogP contribution in [0.5, 0.6) is 11.5 Å². The molecule has 2 aliphatic rings. The molecule has 0 bridgehead atoms. The highest BCUT2D eigenvalue weighted by atomic mass is 16.6. The highest BCUT2D eigenvalue weighted by molar-refractivity contribution is 5.73. The van der Waals surface area contributed by atoms with E-state index < -0.39 is 0 Å². The number of rotatable bonds is 4. The fraction of sp³-hybridized carbons (Fsp3) is 0.435. The molecule has 0 radical (unpaired) electrons. The molecular formula is C23H28N2O3. The Kier molecular flexibility index (Phi) is 5.42. The molecule has 0 aliphatic carbocycles. The van der Waals surface area contributed by atoms with Crippen LogP contribution in [0.25, 0.3) is 0 Å². The normalized spacial score (nSPS) is 17.9. The molecule has 148 valence electrons. The molecule has 1 fully saturated rings. The van der Waals surface area contributed by atoms with Crippen molar-refractivity contribution in [2.24, 2.45) is 0 Å². The lowest BCUT2D eigenvalue weighted by molar-refractivity contribution is -0.119. The largest absolute Gasteiger partial charge is 0.486 e. The summed E-state index contributed by atoms with van der Waals surface area (Å²) in [5.74, 6) is 2.29. The van der Waals surface area contributed by atoms with E-state index in [1.54, 1.807) is 6.92 Å². The predicted molar refractivity (Wildman–Crippen MR) is 110 cm³/mol. The Morgan fingerprint density at radius 3 is 2.39 bits per heavy atom. The summed E-state index contributed by atoms with van der Waals surface area (Å²) in [6.07, 6.45) is 2.27. The molecule has 1 saturated heterocycles. The Morgan fingerprint density at radius 2 is 1.71 bits per heavy atom. The van der Waals surface area contributed by atoms with E-state index in [1.807, 2.05) is 13.0 Å². The van der Waals surface area contributed by atoms with Crippen LogP contribution in [-0.4, -0.2) is 32.2 Å². The third-order valence-corrected chi connectivity index (χ3v) is 5.71. The molecule has 2 heterocycles. The number of hydrogen-bond donors (Lipinski definition) is 1. The number of hydrogen-bond acceptors (Lipinski definition) is 4. The minimum absolute atomic E-state index is 0.00286. The summed E-state index contributed by atoms with van der Waals surface area (Å²) in [5, 5.41) is 2.94. The predicted octanol–water partition coefficient (Wildman–Crippen LogP) is 4.04. The van der Waals surface area contributed by atoms with Gasteiger partial charge in [0.25, 0.3) is 0 Å². The Hall–Kier alpha value is -2.69. The van der Waals surface area contributed by atoms with E-state index in [0.717, 1.165) is 43.0 Å². The first-order chi connectivity index (χ1) is 13.6. The molecular weight excluding hydrogens is 352 g/mol. The molecule has 1 atom stereocenters. The molecule has 28 heavy (non-hydrogen) atoms. The second-order valence-electron chi connectivity index (χ2n) is 7.68. The van der Waals surface area contributed by atoms with E-state index >= 15 is 0 Å². The summed E-state index contributed by atoms with van der Waals surface area (Å²) in [7, 11) is 0. The van der Waals surface area contributed by atoms with Crippen LogP contribution >= 0.6 is 0 Å². The van der Waals surface area contributed by atoms with E-state index in [-0.39, 0.29) is 11.9 Å². The van der Waals surface area contributed by atoms with Crippen molar-refractivity contribution in [2.45, 2.75) is 38.6 Å². The first-order valence-electron chi connectivity index (χ1n) is 10.1. The maximum atomic E-state index is 11.2. The first kappa shape index (κ1) is 18.7. The molecule has 1 N–H and O–H groups in total. The number of piperidine rings is 1. The van der Waals surface area contributed by atoms with Crippen LogP contribution in [0.15, 0.2) is 42.5 Å². The summed E-state index contributed by atoms with van der Waals surface area (Å²) in [5.41, 5.74) is 3.75. The van der Waals surface area contributed by atoms with Crippen LogP contribution in [0, 0.1) is 0 Å². The fourth-order valence-corrected chi connectivity index (χ4v) is 4.14. The zero-order valence-corrected chi connectivity index (χ0v) is 16.6. The molecule has 2 aromatic rings. The van der Waals surface area contributed by atoms with E-state index in [9.17, 15) is 4.79 Å². The molecule has 0 aromatic heterocycles. The lowest BCUT2D eigenvalue weighted by atomic mass is 9.88. The molecule has 0 unspecified atom stereocenters. The molecule has 5 heteroatoms. The number of fused-ring (bicyclic) bond motifs is 1. The SMILES string of the molecule is CC(=O)N[C@@H](C)c1ccc(C2CCN(c3ccc4c(c3)OCCO4)CC2)cc1. The Balaban J connectivity index is 1.37. The second kappa shape index (κ2) is 8.13. The van der Waals surface area contributed by atoms with Crippen molar-refractivity contribution < 1.29 is 14.3 Å². The number of benzene rings is 2. The first-order valence-corrected chi connectivity index (χ1v) is 10.1. The lowest BCUT2D eigenvalue weighted by Gasteiger charge is -2.34. The fourth-order valence-electron chi connectivity index (χ4n) is 4.14. The van der Waals surface area contributed by atoms with Gasteiger partial charge in [0.15, 0.2) is 11.5 Å². The molecule has 2 aromatic carbocycles.